The Labute approximate surface area is 184 Å². The highest BCUT2D eigenvalue weighted by Gasteiger charge is 2.23. The minimum Gasteiger partial charge on any atom is -0.353 e. The van der Waals surface area contributed by atoms with E-state index in [1.807, 2.05) is 48.2 Å². The van der Waals surface area contributed by atoms with E-state index in [2.05, 4.69) is 20.8 Å². The molecule has 1 fully saturated rings. The summed E-state index contributed by atoms with van der Waals surface area (Å²) in [4.78, 5) is 18.3. The lowest BCUT2D eigenvalue weighted by Crippen LogP contribution is -2.28. The van der Waals surface area contributed by atoms with Gasteiger partial charge in [-0.3, -0.25) is 4.79 Å². The zero-order valence-corrected chi connectivity index (χ0v) is 17.9. The molecular formula is C21H20ClN5O2S. The fourth-order valence-corrected chi connectivity index (χ4v) is 3.70. The van der Waals surface area contributed by atoms with Crippen LogP contribution in [0.2, 0.25) is 5.02 Å². The van der Waals surface area contributed by atoms with Gasteiger partial charge in [0.25, 0.3) is 0 Å². The Kier molecular flexibility index (Phi) is 5.96. The SMILES string of the molecule is Cc1ccc(NC(=S)NCc2nc(-c3ccccc3Cl)no2)cc1N1CCCC1=O. The molecule has 0 atom stereocenters. The van der Waals surface area contributed by atoms with Crippen molar-refractivity contribution < 1.29 is 9.32 Å². The summed E-state index contributed by atoms with van der Waals surface area (Å²) in [5, 5.41) is 11.1. The molecule has 0 radical (unpaired) electrons. The molecule has 30 heavy (non-hydrogen) atoms. The second kappa shape index (κ2) is 8.81. The smallest absolute Gasteiger partial charge is 0.246 e. The number of halogens is 1. The summed E-state index contributed by atoms with van der Waals surface area (Å²) < 4.78 is 5.28. The number of nitrogens with zero attached hydrogens (tertiary/aromatic N) is 3. The molecule has 1 aliphatic rings. The van der Waals surface area contributed by atoms with Crippen molar-refractivity contribution in [1.82, 2.24) is 15.5 Å². The topological polar surface area (TPSA) is 83.3 Å². The van der Waals surface area contributed by atoms with Crippen molar-refractivity contribution in [3.8, 4) is 11.4 Å². The van der Waals surface area contributed by atoms with Crippen LogP contribution in [0.5, 0.6) is 0 Å². The van der Waals surface area contributed by atoms with Crippen LogP contribution < -0.4 is 15.5 Å². The van der Waals surface area contributed by atoms with Gasteiger partial charge in [-0.15, -0.1) is 0 Å². The molecule has 154 valence electrons. The highest BCUT2D eigenvalue weighted by molar-refractivity contribution is 7.80. The monoisotopic (exact) mass is 441 g/mol. The predicted molar refractivity (Wildman–Crippen MR) is 121 cm³/mol. The normalized spacial score (nSPS) is 13.5. The zero-order chi connectivity index (χ0) is 21.1. The standard InChI is InChI=1S/C21H20ClN5O2S/c1-13-8-9-14(11-17(13)27-10-4-7-19(27)28)24-21(30)23-12-18-25-20(26-29-18)15-5-2-3-6-16(15)22/h2-3,5-6,8-9,11H,4,7,10,12H2,1H3,(H2,23,24,30). The summed E-state index contributed by atoms with van der Waals surface area (Å²) in [7, 11) is 0. The molecule has 3 aromatic rings. The molecule has 0 spiro atoms. The Hall–Kier alpha value is -2.97. The number of benzene rings is 2. The molecule has 1 amide bonds. The molecule has 1 saturated heterocycles. The number of anilines is 2. The third kappa shape index (κ3) is 4.44. The lowest BCUT2D eigenvalue weighted by atomic mass is 10.1. The van der Waals surface area contributed by atoms with Gasteiger partial charge in [0, 0.05) is 29.9 Å². The van der Waals surface area contributed by atoms with Crippen LogP contribution in [-0.4, -0.2) is 27.7 Å². The molecule has 0 saturated carbocycles. The Bertz CT molecular complexity index is 1100. The Balaban J connectivity index is 1.38. The van der Waals surface area contributed by atoms with Crippen molar-refractivity contribution in [1.29, 1.82) is 0 Å². The first kappa shape index (κ1) is 20.3. The van der Waals surface area contributed by atoms with E-state index in [-0.39, 0.29) is 12.5 Å². The van der Waals surface area contributed by atoms with Gasteiger partial charge in [-0.1, -0.05) is 35.0 Å². The van der Waals surface area contributed by atoms with Gasteiger partial charge in [0.1, 0.15) is 0 Å². The quantitative estimate of drug-likeness (QED) is 0.570. The summed E-state index contributed by atoms with van der Waals surface area (Å²) in [6.07, 6.45) is 1.48. The third-order valence-corrected chi connectivity index (χ3v) is 5.39. The van der Waals surface area contributed by atoms with Gasteiger partial charge < -0.3 is 20.1 Å². The number of thiocarbonyl (C=S) groups is 1. The number of carbonyl (C=O) groups excluding carboxylic acids is 1. The van der Waals surface area contributed by atoms with Crippen molar-refractivity contribution in [2.45, 2.75) is 26.3 Å². The number of hydrogen-bond acceptors (Lipinski definition) is 5. The van der Waals surface area contributed by atoms with E-state index in [1.54, 1.807) is 6.07 Å². The van der Waals surface area contributed by atoms with Gasteiger partial charge in [-0.2, -0.15) is 4.98 Å². The lowest BCUT2D eigenvalue weighted by Gasteiger charge is -2.20. The minimum absolute atomic E-state index is 0.154. The zero-order valence-electron chi connectivity index (χ0n) is 16.3. The van der Waals surface area contributed by atoms with Crippen LogP contribution in [0.3, 0.4) is 0 Å². The van der Waals surface area contributed by atoms with Gasteiger partial charge in [0.2, 0.25) is 17.6 Å². The van der Waals surface area contributed by atoms with Gasteiger partial charge in [-0.25, -0.2) is 0 Å². The lowest BCUT2D eigenvalue weighted by molar-refractivity contribution is -0.117. The van der Waals surface area contributed by atoms with E-state index in [9.17, 15) is 4.79 Å². The number of amides is 1. The fourth-order valence-electron chi connectivity index (χ4n) is 3.29. The van der Waals surface area contributed by atoms with Gasteiger partial charge in [0.05, 0.1) is 11.6 Å². The molecule has 2 aromatic carbocycles. The van der Waals surface area contributed by atoms with E-state index in [0.717, 1.165) is 29.9 Å². The summed E-state index contributed by atoms with van der Waals surface area (Å²) in [6.45, 7) is 3.01. The molecular weight excluding hydrogens is 422 g/mol. The minimum atomic E-state index is 0.154. The molecule has 1 aliphatic heterocycles. The van der Waals surface area contributed by atoms with Gasteiger partial charge >= 0.3 is 0 Å². The van der Waals surface area contributed by atoms with Crippen LogP contribution in [0.25, 0.3) is 11.4 Å². The van der Waals surface area contributed by atoms with Crippen molar-refractivity contribution in [2.24, 2.45) is 0 Å². The van der Waals surface area contributed by atoms with E-state index in [4.69, 9.17) is 28.3 Å². The van der Waals surface area contributed by atoms with Crippen LogP contribution in [0.1, 0.15) is 24.3 Å². The van der Waals surface area contributed by atoms with Crippen molar-refractivity contribution in [3.05, 3.63) is 58.9 Å². The Morgan fingerprint density at radius 1 is 1.30 bits per heavy atom. The first-order valence-corrected chi connectivity index (χ1v) is 10.3. The van der Waals surface area contributed by atoms with Gasteiger partial charge in [-0.05, 0) is 55.4 Å². The predicted octanol–water partition coefficient (Wildman–Crippen LogP) is 4.31. The summed E-state index contributed by atoms with van der Waals surface area (Å²) in [5.74, 6) is 0.970. The number of hydrogen-bond donors (Lipinski definition) is 2. The van der Waals surface area contributed by atoms with Crippen molar-refractivity contribution in [3.63, 3.8) is 0 Å². The molecule has 9 heteroatoms. The Morgan fingerprint density at radius 2 is 2.13 bits per heavy atom. The van der Waals surface area contributed by atoms with Crippen LogP contribution in [-0.2, 0) is 11.3 Å². The molecule has 0 bridgehead atoms. The molecule has 0 unspecified atom stereocenters. The highest BCUT2D eigenvalue weighted by Crippen LogP contribution is 2.28. The van der Waals surface area contributed by atoms with E-state index in [1.165, 1.54) is 0 Å². The van der Waals surface area contributed by atoms with Gasteiger partial charge in [0.15, 0.2) is 5.11 Å². The number of nitrogens with one attached hydrogen (secondary N) is 2. The van der Waals surface area contributed by atoms with Crippen molar-refractivity contribution >= 4 is 46.2 Å². The van der Waals surface area contributed by atoms with E-state index < -0.39 is 0 Å². The average molecular weight is 442 g/mol. The number of aromatic nitrogens is 2. The first-order valence-electron chi connectivity index (χ1n) is 9.54. The molecule has 7 nitrogen and oxygen atoms in total. The largest absolute Gasteiger partial charge is 0.353 e. The van der Waals surface area contributed by atoms with Crippen molar-refractivity contribution in [2.75, 3.05) is 16.8 Å². The number of aryl methyl sites for hydroxylation is 1. The first-order chi connectivity index (χ1) is 14.5. The maximum atomic E-state index is 12.1. The van der Waals surface area contributed by atoms with Crippen LogP contribution in [0, 0.1) is 6.92 Å². The summed E-state index contributed by atoms with van der Waals surface area (Å²) >= 11 is 11.5. The molecule has 0 aliphatic carbocycles. The second-order valence-corrected chi connectivity index (χ2v) is 7.76. The maximum Gasteiger partial charge on any atom is 0.246 e. The molecule has 4 rings (SSSR count). The maximum absolute atomic E-state index is 12.1. The summed E-state index contributed by atoms with van der Waals surface area (Å²) in [6, 6.07) is 13.1. The van der Waals surface area contributed by atoms with Crippen LogP contribution in [0.4, 0.5) is 11.4 Å². The fraction of sp³-hybridized carbons (Fsp3) is 0.238. The molecule has 2 heterocycles. The number of carbonyl (C=O) groups is 1. The number of rotatable bonds is 5. The molecule has 2 N–H and O–H groups in total. The van der Waals surface area contributed by atoms with Crippen LogP contribution in [0.15, 0.2) is 47.0 Å². The Morgan fingerprint density at radius 3 is 2.90 bits per heavy atom. The second-order valence-electron chi connectivity index (χ2n) is 6.95. The average Bonchev–Trinajstić information content (AvgIpc) is 3.37. The van der Waals surface area contributed by atoms with E-state index in [0.29, 0.717) is 33.8 Å². The third-order valence-electron chi connectivity index (χ3n) is 4.81. The van der Waals surface area contributed by atoms with E-state index >= 15 is 0 Å². The highest BCUT2D eigenvalue weighted by atomic mass is 35.5. The summed E-state index contributed by atoms with van der Waals surface area (Å²) in [5.41, 5.74) is 3.47. The molecule has 1 aromatic heterocycles. The van der Waals surface area contributed by atoms with Crippen LogP contribution >= 0.6 is 23.8 Å².